The fourth-order valence-electron chi connectivity index (χ4n) is 3.08. The molecule has 10 heteroatoms. The van der Waals surface area contributed by atoms with Crippen LogP contribution in [0, 0.1) is 18.3 Å². The van der Waals surface area contributed by atoms with Crippen LogP contribution in [-0.2, 0) is 13.1 Å². The van der Waals surface area contributed by atoms with E-state index in [1.54, 1.807) is 24.3 Å². The van der Waals surface area contributed by atoms with Crippen LogP contribution in [0.5, 0.6) is 0 Å². The Morgan fingerprint density at radius 1 is 1.28 bits per heavy atom. The Labute approximate surface area is 172 Å². The number of nitrogens with one attached hydrogen (secondary N) is 1. The summed E-state index contributed by atoms with van der Waals surface area (Å²) in [5, 5.41) is 11.5. The number of aromatic nitrogens is 4. The summed E-state index contributed by atoms with van der Waals surface area (Å²) < 4.78 is 2.20. The Morgan fingerprint density at radius 2 is 2.07 bits per heavy atom. The molecule has 0 saturated carbocycles. The van der Waals surface area contributed by atoms with E-state index < -0.39 is 11.2 Å². The van der Waals surface area contributed by atoms with Gasteiger partial charge in [-0.25, -0.2) is 9.78 Å². The van der Waals surface area contributed by atoms with Crippen molar-refractivity contribution < 1.29 is 0 Å². The van der Waals surface area contributed by atoms with Gasteiger partial charge in [0.2, 0.25) is 0 Å². The predicted molar refractivity (Wildman–Crippen MR) is 113 cm³/mol. The zero-order valence-electron chi connectivity index (χ0n) is 15.6. The molecule has 29 heavy (non-hydrogen) atoms. The molecule has 0 aliphatic rings. The molecule has 0 fully saturated rings. The molecule has 0 bridgehead atoms. The quantitative estimate of drug-likeness (QED) is 0.539. The normalized spacial score (nSPS) is 11.1. The molecule has 8 nitrogen and oxygen atoms in total. The molecule has 0 unspecified atom stereocenters. The van der Waals surface area contributed by atoms with Gasteiger partial charge in [-0.1, -0.05) is 0 Å². The molecule has 4 heterocycles. The SMILES string of the molecule is CCn1cc(C#N)c(=O)n(Cc2nc3scc(-c4ccc(C)s4)c3c(=O)[nH]2)c1=O. The summed E-state index contributed by atoms with van der Waals surface area (Å²) in [5.74, 6) is 0.190. The van der Waals surface area contributed by atoms with Crippen LogP contribution in [0.2, 0.25) is 0 Å². The summed E-state index contributed by atoms with van der Waals surface area (Å²) >= 11 is 2.93. The number of hydrogen-bond acceptors (Lipinski definition) is 7. The molecule has 0 radical (unpaired) electrons. The van der Waals surface area contributed by atoms with E-state index in [0.717, 1.165) is 19.9 Å². The van der Waals surface area contributed by atoms with Gasteiger partial charge in [-0.05, 0) is 26.0 Å². The molecule has 146 valence electrons. The summed E-state index contributed by atoms with van der Waals surface area (Å²) in [6.45, 7) is 3.83. The maximum atomic E-state index is 12.8. The molecule has 4 rings (SSSR count). The minimum Gasteiger partial charge on any atom is -0.308 e. The van der Waals surface area contributed by atoms with E-state index in [-0.39, 0.29) is 23.5 Å². The molecule has 0 atom stereocenters. The molecule has 0 spiro atoms. The lowest BCUT2D eigenvalue weighted by Crippen LogP contribution is -2.41. The number of H-pyrrole nitrogens is 1. The van der Waals surface area contributed by atoms with Crippen LogP contribution >= 0.6 is 22.7 Å². The number of hydrogen-bond donors (Lipinski definition) is 1. The van der Waals surface area contributed by atoms with Crippen LogP contribution in [0.1, 0.15) is 23.2 Å². The van der Waals surface area contributed by atoms with E-state index in [4.69, 9.17) is 5.26 Å². The molecule has 0 aromatic carbocycles. The smallest absolute Gasteiger partial charge is 0.308 e. The Morgan fingerprint density at radius 3 is 2.72 bits per heavy atom. The number of fused-ring (bicyclic) bond motifs is 1. The van der Waals surface area contributed by atoms with Crippen LogP contribution in [-0.4, -0.2) is 19.1 Å². The van der Waals surface area contributed by atoms with Crippen LogP contribution in [0.25, 0.3) is 20.7 Å². The van der Waals surface area contributed by atoms with Crippen molar-refractivity contribution in [2.45, 2.75) is 26.9 Å². The van der Waals surface area contributed by atoms with Crippen molar-refractivity contribution in [2.24, 2.45) is 0 Å². The lowest BCUT2D eigenvalue weighted by Gasteiger charge is -2.09. The van der Waals surface area contributed by atoms with Gasteiger partial charge in [0.15, 0.2) is 0 Å². The van der Waals surface area contributed by atoms with Crippen molar-refractivity contribution in [1.82, 2.24) is 19.1 Å². The number of nitriles is 1. The molecule has 0 aliphatic carbocycles. The van der Waals surface area contributed by atoms with Gasteiger partial charge in [-0.3, -0.25) is 18.7 Å². The average molecular weight is 425 g/mol. The summed E-state index contributed by atoms with van der Waals surface area (Å²) in [6.07, 6.45) is 1.25. The largest absolute Gasteiger partial charge is 0.331 e. The van der Waals surface area contributed by atoms with Crippen LogP contribution in [0.3, 0.4) is 0 Å². The first kappa shape index (κ1) is 19.0. The number of rotatable bonds is 4. The van der Waals surface area contributed by atoms with E-state index in [1.807, 2.05) is 24.4 Å². The minimum atomic E-state index is -0.703. The zero-order valence-corrected chi connectivity index (χ0v) is 17.2. The van der Waals surface area contributed by atoms with Gasteiger partial charge in [0.1, 0.15) is 22.3 Å². The summed E-state index contributed by atoms with van der Waals surface area (Å²) in [6, 6.07) is 5.77. The van der Waals surface area contributed by atoms with Crippen molar-refractivity contribution in [3.05, 3.63) is 71.2 Å². The standard InChI is InChI=1S/C19H15N5O3S2/c1-3-23-7-11(6-20)18(26)24(19(23)27)8-14-21-16(25)15-12(9-28-17(15)22-14)13-5-4-10(2)29-13/h4-5,7,9H,3,8H2,1-2H3,(H,21,22,25). The lowest BCUT2D eigenvalue weighted by atomic mass is 10.2. The van der Waals surface area contributed by atoms with E-state index in [9.17, 15) is 14.4 Å². The third-order valence-corrected chi connectivity index (χ3v) is 6.41. The van der Waals surface area contributed by atoms with Crippen molar-refractivity contribution >= 4 is 32.9 Å². The Bertz CT molecular complexity index is 1460. The number of aromatic amines is 1. The van der Waals surface area contributed by atoms with Crippen LogP contribution in [0.4, 0.5) is 0 Å². The molecule has 1 N–H and O–H groups in total. The van der Waals surface area contributed by atoms with Gasteiger partial charge in [0, 0.05) is 33.4 Å². The second kappa shape index (κ2) is 7.27. The Kier molecular flexibility index (Phi) is 4.77. The van der Waals surface area contributed by atoms with Crippen molar-refractivity contribution in [2.75, 3.05) is 0 Å². The maximum Gasteiger partial charge on any atom is 0.331 e. The maximum absolute atomic E-state index is 12.8. The van der Waals surface area contributed by atoms with Gasteiger partial charge in [-0.15, -0.1) is 22.7 Å². The van der Waals surface area contributed by atoms with Crippen molar-refractivity contribution in [3.63, 3.8) is 0 Å². The first-order chi connectivity index (χ1) is 13.9. The second-order valence-electron chi connectivity index (χ2n) is 6.37. The highest BCUT2D eigenvalue weighted by Crippen LogP contribution is 2.34. The van der Waals surface area contributed by atoms with E-state index in [0.29, 0.717) is 16.8 Å². The summed E-state index contributed by atoms with van der Waals surface area (Å²) in [5.41, 5.74) is -0.902. The van der Waals surface area contributed by atoms with Crippen molar-refractivity contribution in [1.29, 1.82) is 5.26 Å². The molecular formula is C19H15N5O3S2. The molecule has 0 aliphatic heterocycles. The number of nitrogens with zero attached hydrogens (tertiary/aromatic N) is 4. The predicted octanol–water partition coefficient (Wildman–Crippen LogP) is 2.28. The van der Waals surface area contributed by atoms with Gasteiger partial charge >= 0.3 is 5.69 Å². The minimum absolute atomic E-state index is 0.138. The highest BCUT2D eigenvalue weighted by molar-refractivity contribution is 7.19. The highest BCUT2D eigenvalue weighted by atomic mass is 32.1. The third kappa shape index (κ3) is 3.24. The van der Waals surface area contributed by atoms with Gasteiger partial charge in [-0.2, -0.15) is 5.26 Å². The molecule has 4 aromatic rings. The highest BCUT2D eigenvalue weighted by Gasteiger charge is 2.16. The topological polar surface area (TPSA) is 114 Å². The number of thiophene rings is 2. The Balaban J connectivity index is 1.84. The molecule has 0 amide bonds. The zero-order chi connectivity index (χ0) is 20.7. The van der Waals surface area contributed by atoms with Gasteiger partial charge in [0.05, 0.1) is 11.9 Å². The van der Waals surface area contributed by atoms with E-state index >= 15 is 0 Å². The second-order valence-corrected chi connectivity index (χ2v) is 8.51. The van der Waals surface area contributed by atoms with E-state index in [1.165, 1.54) is 22.1 Å². The molecular weight excluding hydrogens is 410 g/mol. The Hall–Kier alpha value is -3.29. The van der Waals surface area contributed by atoms with Gasteiger partial charge in [0.25, 0.3) is 11.1 Å². The molecule has 4 aromatic heterocycles. The van der Waals surface area contributed by atoms with Crippen LogP contribution < -0.4 is 16.8 Å². The fraction of sp³-hybridized carbons (Fsp3) is 0.211. The lowest BCUT2D eigenvalue weighted by molar-refractivity contribution is 0.585. The summed E-state index contributed by atoms with van der Waals surface area (Å²) in [7, 11) is 0. The first-order valence-electron chi connectivity index (χ1n) is 8.74. The third-order valence-electron chi connectivity index (χ3n) is 4.50. The number of aryl methyl sites for hydroxylation is 2. The van der Waals surface area contributed by atoms with Crippen LogP contribution in [0.15, 0.2) is 38.1 Å². The average Bonchev–Trinajstić information content (AvgIpc) is 3.31. The molecule has 0 saturated heterocycles. The van der Waals surface area contributed by atoms with Gasteiger partial charge < -0.3 is 4.98 Å². The van der Waals surface area contributed by atoms with Crippen molar-refractivity contribution in [3.8, 4) is 16.5 Å². The summed E-state index contributed by atoms with van der Waals surface area (Å²) in [4.78, 5) is 47.5. The first-order valence-corrected chi connectivity index (χ1v) is 10.4. The monoisotopic (exact) mass is 425 g/mol. The fourth-order valence-corrected chi connectivity index (χ4v) is 5.00. The van der Waals surface area contributed by atoms with E-state index in [2.05, 4.69) is 9.97 Å².